The van der Waals surface area contributed by atoms with Gasteiger partial charge in [-0.25, -0.2) is 0 Å². The lowest BCUT2D eigenvalue weighted by molar-refractivity contribution is 0.0947. The molecule has 0 aliphatic rings. The summed E-state index contributed by atoms with van der Waals surface area (Å²) in [4.78, 5) is 12.0. The van der Waals surface area contributed by atoms with E-state index in [1.54, 1.807) is 31.4 Å². The van der Waals surface area contributed by atoms with Crippen LogP contribution in [0.5, 0.6) is 5.75 Å². The lowest BCUT2D eigenvalue weighted by Crippen LogP contribution is -2.22. The van der Waals surface area contributed by atoms with E-state index in [1.807, 2.05) is 24.3 Å². The second-order valence-electron chi connectivity index (χ2n) is 4.92. The van der Waals surface area contributed by atoms with Crippen LogP contribution in [0.1, 0.15) is 16.2 Å². The third-order valence-electron chi connectivity index (χ3n) is 3.31. The van der Waals surface area contributed by atoms with Crippen molar-refractivity contribution < 1.29 is 13.9 Å². The lowest BCUT2D eigenvalue weighted by atomic mass is 10.2. The Morgan fingerprint density at radius 1 is 1.12 bits per heavy atom. The molecule has 7 heteroatoms. The van der Waals surface area contributed by atoms with Gasteiger partial charge < -0.3 is 14.5 Å². The van der Waals surface area contributed by atoms with Crippen molar-refractivity contribution in [3.63, 3.8) is 0 Å². The Morgan fingerprint density at radius 3 is 2.50 bits per heavy atom. The molecule has 1 amide bonds. The van der Waals surface area contributed by atoms with E-state index in [-0.39, 0.29) is 12.5 Å². The molecule has 0 bridgehead atoms. The number of amides is 1. The number of rotatable bonds is 5. The van der Waals surface area contributed by atoms with Crippen molar-refractivity contribution in [1.82, 2.24) is 15.5 Å². The molecule has 0 aliphatic heterocycles. The van der Waals surface area contributed by atoms with Gasteiger partial charge in [-0.15, -0.1) is 10.2 Å². The molecule has 0 atom stereocenters. The summed E-state index contributed by atoms with van der Waals surface area (Å²) in [6.45, 7) is 0.143. The number of halogens is 1. The zero-order valence-corrected chi connectivity index (χ0v) is 13.6. The van der Waals surface area contributed by atoms with Gasteiger partial charge in [-0.05, 0) is 48.5 Å². The minimum atomic E-state index is -0.240. The molecule has 1 aromatic heterocycles. The van der Waals surface area contributed by atoms with Crippen molar-refractivity contribution in [3.05, 3.63) is 65.0 Å². The molecule has 3 aromatic rings. The highest BCUT2D eigenvalue weighted by Gasteiger charge is 2.11. The summed E-state index contributed by atoms with van der Waals surface area (Å²) in [5, 5.41) is 11.2. The molecule has 3 rings (SSSR count). The molecule has 1 heterocycles. The summed E-state index contributed by atoms with van der Waals surface area (Å²) < 4.78 is 10.7. The van der Waals surface area contributed by atoms with Gasteiger partial charge in [0.25, 0.3) is 5.91 Å². The zero-order chi connectivity index (χ0) is 16.9. The maximum Gasteiger partial charge on any atom is 0.251 e. The van der Waals surface area contributed by atoms with Crippen LogP contribution in [0.3, 0.4) is 0 Å². The Balaban J connectivity index is 1.63. The first-order valence-corrected chi connectivity index (χ1v) is 7.54. The van der Waals surface area contributed by atoms with E-state index in [2.05, 4.69) is 15.5 Å². The van der Waals surface area contributed by atoms with Gasteiger partial charge in [0.05, 0.1) is 13.7 Å². The third-order valence-corrected chi connectivity index (χ3v) is 3.56. The van der Waals surface area contributed by atoms with E-state index in [4.69, 9.17) is 20.8 Å². The van der Waals surface area contributed by atoms with Gasteiger partial charge >= 0.3 is 0 Å². The Labute approximate surface area is 143 Å². The number of carbonyl (C=O) groups excluding carboxylic acids is 1. The third kappa shape index (κ3) is 3.72. The Bertz CT molecular complexity index is 829. The van der Waals surface area contributed by atoms with Crippen molar-refractivity contribution >= 4 is 17.5 Å². The highest BCUT2D eigenvalue weighted by Crippen LogP contribution is 2.21. The summed E-state index contributed by atoms with van der Waals surface area (Å²) in [5.74, 6) is 1.21. The smallest absolute Gasteiger partial charge is 0.251 e. The second kappa shape index (κ2) is 7.14. The average Bonchev–Trinajstić information content (AvgIpc) is 3.09. The van der Waals surface area contributed by atoms with E-state index < -0.39 is 0 Å². The fourth-order valence-electron chi connectivity index (χ4n) is 2.03. The largest absolute Gasteiger partial charge is 0.497 e. The quantitative estimate of drug-likeness (QED) is 0.768. The Morgan fingerprint density at radius 2 is 1.83 bits per heavy atom. The highest BCUT2D eigenvalue weighted by molar-refractivity contribution is 6.30. The SMILES string of the molecule is COc1ccc(-c2nnc(CNC(=O)c3ccc(Cl)cc3)o2)cc1. The molecule has 122 valence electrons. The first-order valence-electron chi connectivity index (χ1n) is 7.16. The van der Waals surface area contributed by atoms with Crippen molar-refractivity contribution in [2.24, 2.45) is 0 Å². The number of nitrogens with one attached hydrogen (secondary N) is 1. The Hall–Kier alpha value is -2.86. The van der Waals surface area contributed by atoms with Crippen LogP contribution in [-0.2, 0) is 6.54 Å². The molecule has 0 saturated heterocycles. The minimum Gasteiger partial charge on any atom is -0.497 e. The van der Waals surface area contributed by atoms with Crippen LogP contribution in [0.2, 0.25) is 5.02 Å². The van der Waals surface area contributed by atoms with Gasteiger partial charge in [0.2, 0.25) is 11.8 Å². The molecule has 0 unspecified atom stereocenters. The van der Waals surface area contributed by atoms with Crippen LogP contribution in [0, 0.1) is 0 Å². The number of ether oxygens (including phenoxy) is 1. The molecule has 2 aromatic carbocycles. The molecule has 0 fully saturated rings. The molecule has 0 aliphatic carbocycles. The van der Waals surface area contributed by atoms with Gasteiger partial charge in [-0.1, -0.05) is 11.6 Å². The van der Waals surface area contributed by atoms with E-state index in [9.17, 15) is 4.79 Å². The Kier molecular flexibility index (Phi) is 4.77. The summed E-state index contributed by atoms with van der Waals surface area (Å²) in [6, 6.07) is 13.9. The second-order valence-corrected chi connectivity index (χ2v) is 5.36. The molecule has 24 heavy (non-hydrogen) atoms. The van der Waals surface area contributed by atoms with Gasteiger partial charge in [-0.3, -0.25) is 4.79 Å². The predicted molar refractivity (Wildman–Crippen MR) is 88.9 cm³/mol. The number of hydrogen-bond donors (Lipinski definition) is 1. The van der Waals surface area contributed by atoms with Crippen molar-refractivity contribution in [1.29, 1.82) is 0 Å². The van der Waals surface area contributed by atoms with Crippen molar-refractivity contribution in [2.75, 3.05) is 7.11 Å². The van der Waals surface area contributed by atoms with Crippen LogP contribution >= 0.6 is 11.6 Å². The molecule has 0 radical (unpaired) electrons. The van der Waals surface area contributed by atoms with E-state index in [1.165, 1.54) is 0 Å². The molecule has 0 saturated carbocycles. The van der Waals surface area contributed by atoms with Crippen LogP contribution in [-0.4, -0.2) is 23.2 Å². The first-order chi connectivity index (χ1) is 11.7. The number of benzene rings is 2. The zero-order valence-electron chi connectivity index (χ0n) is 12.8. The maximum absolute atomic E-state index is 12.0. The van der Waals surface area contributed by atoms with Gasteiger partial charge in [0.1, 0.15) is 5.75 Å². The monoisotopic (exact) mass is 343 g/mol. The van der Waals surface area contributed by atoms with Gasteiger partial charge in [0.15, 0.2) is 0 Å². The molecule has 0 spiro atoms. The molecular formula is C17H14ClN3O3. The number of hydrogen-bond acceptors (Lipinski definition) is 5. The molecule has 6 nitrogen and oxygen atoms in total. The fourth-order valence-corrected chi connectivity index (χ4v) is 2.16. The summed E-state index contributed by atoms with van der Waals surface area (Å²) in [7, 11) is 1.60. The predicted octanol–water partition coefficient (Wildman–Crippen LogP) is 3.33. The summed E-state index contributed by atoms with van der Waals surface area (Å²) in [5.41, 5.74) is 1.29. The van der Waals surface area contributed by atoms with E-state index in [0.717, 1.165) is 11.3 Å². The summed E-state index contributed by atoms with van der Waals surface area (Å²) in [6.07, 6.45) is 0. The first kappa shape index (κ1) is 16.0. The number of methoxy groups -OCH3 is 1. The minimum absolute atomic E-state index is 0.143. The van der Waals surface area contributed by atoms with Crippen molar-refractivity contribution in [3.8, 4) is 17.2 Å². The van der Waals surface area contributed by atoms with Crippen LogP contribution in [0.25, 0.3) is 11.5 Å². The van der Waals surface area contributed by atoms with Crippen molar-refractivity contribution in [2.45, 2.75) is 6.54 Å². The summed E-state index contributed by atoms with van der Waals surface area (Å²) >= 11 is 5.80. The number of carbonyl (C=O) groups is 1. The van der Waals surface area contributed by atoms with E-state index >= 15 is 0 Å². The molecular weight excluding hydrogens is 330 g/mol. The lowest BCUT2D eigenvalue weighted by Gasteiger charge is -2.02. The fraction of sp³-hybridized carbons (Fsp3) is 0.118. The topological polar surface area (TPSA) is 77.3 Å². The van der Waals surface area contributed by atoms with Gasteiger partial charge in [0, 0.05) is 16.1 Å². The van der Waals surface area contributed by atoms with Crippen LogP contribution in [0.15, 0.2) is 52.9 Å². The average molecular weight is 344 g/mol. The van der Waals surface area contributed by atoms with Crippen LogP contribution in [0.4, 0.5) is 0 Å². The maximum atomic E-state index is 12.0. The number of nitrogens with zero attached hydrogens (tertiary/aromatic N) is 2. The van der Waals surface area contributed by atoms with Gasteiger partial charge in [-0.2, -0.15) is 0 Å². The highest BCUT2D eigenvalue weighted by atomic mass is 35.5. The normalized spacial score (nSPS) is 10.4. The van der Waals surface area contributed by atoms with E-state index in [0.29, 0.717) is 22.4 Å². The van der Waals surface area contributed by atoms with Crippen LogP contribution < -0.4 is 10.1 Å². The standard InChI is InChI=1S/C17H14ClN3O3/c1-23-14-8-4-12(5-9-14)17-21-20-15(24-17)10-19-16(22)11-2-6-13(18)7-3-11/h2-9H,10H2,1H3,(H,19,22). The molecule has 1 N–H and O–H groups in total. The number of aromatic nitrogens is 2.